The Labute approximate surface area is 92.7 Å². The lowest BCUT2D eigenvalue weighted by Gasteiger charge is -2.37. The van der Waals surface area contributed by atoms with Gasteiger partial charge in [-0.3, -0.25) is 9.80 Å². The van der Waals surface area contributed by atoms with E-state index in [2.05, 4.69) is 26.0 Å². The molecule has 0 aliphatic carbocycles. The van der Waals surface area contributed by atoms with Gasteiger partial charge in [-0.05, 0) is 26.9 Å². The second-order valence-corrected chi connectivity index (χ2v) is 3.78. The summed E-state index contributed by atoms with van der Waals surface area (Å²) in [6, 6.07) is 4.25. The zero-order valence-electron chi connectivity index (χ0n) is 10.1. The largest absolute Gasteiger partial charge is 0.267 e. The van der Waals surface area contributed by atoms with Crippen molar-refractivity contribution in [2.75, 3.05) is 27.2 Å². The van der Waals surface area contributed by atoms with Crippen LogP contribution in [0.5, 0.6) is 0 Å². The van der Waals surface area contributed by atoms with Crippen LogP contribution in [-0.2, 0) is 0 Å². The molecule has 0 saturated carbocycles. The van der Waals surface area contributed by atoms with E-state index in [1.807, 2.05) is 4.90 Å². The summed E-state index contributed by atoms with van der Waals surface area (Å²) >= 11 is 0. The Hall–Kier alpha value is -1.10. The number of hydrogen-bond donors (Lipinski definition) is 0. The normalized spacial score (nSPS) is 11.5. The van der Waals surface area contributed by atoms with Gasteiger partial charge < -0.3 is 0 Å². The standard InChI is InChI=1S/C11H20N4/c1-5-7-15(8-6-2)11(9-12,10-13)14(3)4/h5-8H2,1-4H3. The SMILES string of the molecule is CCCN(CCC)C(C#N)(C#N)N(C)C. The van der Waals surface area contributed by atoms with E-state index in [1.165, 1.54) is 0 Å². The molecule has 0 unspecified atom stereocenters. The molecule has 4 heteroatoms. The van der Waals surface area contributed by atoms with Crippen molar-refractivity contribution in [3.8, 4) is 12.1 Å². The molecule has 15 heavy (non-hydrogen) atoms. The van der Waals surface area contributed by atoms with Crippen molar-refractivity contribution in [3.63, 3.8) is 0 Å². The number of nitrogens with zero attached hydrogens (tertiary/aromatic N) is 4. The summed E-state index contributed by atoms with van der Waals surface area (Å²) in [5.41, 5.74) is -1.12. The van der Waals surface area contributed by atoms with E-state index in [-0.39, 0.29) is 0 Å². The molecule has 0 aliphatic rings. The molecule has 84 valence electrons. The molecule has 0 aliphatic heterocycles. The average Bonchev–Trinajstić information content (AvgIpc) is 2.20. The van der Waals surface area contributed by atoms with Crippen LogP contribution in [0.1, 0.15) is 26.7 Å². The van der Waals surface area contributed by atoms with Crippen molar-refractivity contribution in [1.82, 2.24) is 9.80 Å². The highest BCUT2D eigenvalue weighted by atomic mass is 15.4. The molecule has 0 saturated heterocycles. The summed E-state index contributed by atoms with van der Waals surface area (Å²) in [6.07, 6.45) is 1.89. The highest BCUT2D eigenvalue weighted by Crippen LogP contribution is 2.17. The third kappa shape index (κ3) is 2.92. The van der Waals surface area contributed by atoms with Gasteiger partial charge in [0.15, 0.2) is 0 Å². The van der Waals surface area contributed by atoms with Gasteiger partial charge >= 0.3 is 0 Å². The van der Waals surface area contributed by atoms with Crippen LogP contribution in [0.4, 0.5) is 0 Å². The first-order valence-corrected chi connectivity index (χ1v) is 5.34. The summed E-state index contributed by atoms with van der Waals surface area (Å²) in [6.45, 7) is 5.65. The molecule has 0 heterocycles. The maximum absolute atomic E-state index is 9.21. The minimum atomic E-state index is -1.12. The van der Waals surface area contributed by atoms with Gasteiger partial charge in [-0.1, -0.05) is 13.8 Å². The zero-order chi connectivity index (χ0) is 11.9. The van der Waals surface area contributed by atoms with Gasteiger partial charge in [-0.15, -0.1) is 0 Å². The molecule has 0 atom stereocenters. The average molecular weight is 208 g/mol. The third-order valence-electron chi connectivity index (χ3n) is 2.40. The predicted octanol–water partition coefficient (Wildman–Crippen LogP) is 1.41. The predicted molar refractivity (Wildman–Crippen MR) is 59.8 cm³/mol. The van der Waals surface area contributed by atoms with Gasteiger partial charge in [0.1, 0.15) is 12.1 Å². The van der Waals surface area contributed by atoms with Gasteiger partial charge in [0, 0.05) is 13.1 Å². The molecule has 0 aromatic heterocycles. The molecule has 0 fully saturated rings. The van der Waals surface area contributed by atoms with Crippen LogP contribution in [0.3, 0.4) is 0 Å². The van der Waals surface area contributed by atoms with Gasteiger partial charge in [0.05, 0.1) is 0 Å². The Morgan fingerprint density at radius 1 is 1.00 bits per heavy atom. The lowest BCUT2D eigenvalue weighted by Crippen LogP contribution is -2.56. The molecule has 0 N–H and O–H groups in total. The van der Waals surface area contributed by atoms with Crippen molar-refractivity contribution in [2.45, 2.75) is 32.4 Å². The Balaban J connectivity index is 5.02. The van der Waals surface area contributed by atoms with Gasteiger partial charge in [0.2, 0.25) is 0 Å². The fourth-order valence-corrected chi connectivity index (χ4v) is 1.62. The Bertz CT molecular complexity index is 239. The van der Waals surface area contributed by atoms with Crippen LogP contribution < -0.4 is 0 Å². The van der Waals surface area contributed by atoms with E-state index in [9.17, 15) is 10.5 Å². The van der Waals surface area contributed by atoms with Gasteiger partial charge in [-0.2, -0.15) is 10.5 Å². The van der Waals surface area contributed by atoms with E-state index >= 15 is 0 Å². The van der Waals surface area contributed by atoms with Gasteiger partial charge in [-0.25, -0.2) is 0 Å². The zero-order valence-corrected chi connectivity index (χ0v) is 10.1. The summed E-state index contributed by atoms with van der Waals surface area (Å²) in [7, 11) is 3.54. The molecule has 0 bridgehead atoms. The first-order valence-electron chi connectivity index (χ1n) is 5.34. The fraction of sp³-hybridized carbons (Fsp3) is 0.818. The van der Waals surface area contributed by atoms with E-state index in [4.69, 9.17) is 0 Å². The Morgan fingerprint density at radius 2 is 1.40 bits per heavy atom. The molecular weight excluding hydrogens is 188 g/mol. The molecule has 0 rings (SSSR count). The Morgan fingerprint density at radius 3 is 1.60 bits per heavy atom. The second-order valence-electron chi connectivity index (χ2n) is 3.78. The van der Waals surface area contributed by atoms with Crippen molar-refractivity contribution in [2.24, 2.45) is 0 Å². The van der Waals surface area contributed by atoms with Crippen molar-refractivity contribution in [3.05, 3.63) is 0 Å². The van der Waals surface area contributed by atoms with Crippen LogP contribution in [0.15, 0.2) is 0 Å². The van der Waals surface area contributed by atoms with Crippen molar-refractivity contribution in [1.29, 1.82) is 10.5 Å². The van der Waals surface area contributed by atoms with E-state index in [1.54, 1.807) is 19.0 Å². The van der Waals surface area contributed by atoms with Crippen LogP contribution in [0.2, 0.25) is 0 Å². The summed E-state index contributed by atoms with van der Waals surface area (Å²) in [4.78, 5) is 3.62. The molecule has 0 amide bonds. The highest BCUT2D eigenvalue weighted by Gasteiger charge is 2.38. The molecule has 4 nitrogen and oxygen atoms in total. The first-order chi connectivity index (χ1) is 7.08. The number of rotatable bonds is 6. The number of hydrogen-bond acceptors (Lipinski definition) is 4. The quantitative estimate of drug-likeness (QED) is 0.619. The first kappa shape index (κ1) is 13.9. The molecule has 0 radical (unpaired) electrons. The van der Waals surface area contributed by atoms with Crippen LogP contribution >= 0.6 is 0 Å². The van der Waals surface area contributed by atoms with Crippen LogP contribution in [-0.4, -0.2) is 42.6 Å². The van der Waals surface area contributed by atoms with E-state index < -0.39 is 5.66 Å². The van der Waals surface area contributed by atoms with E-state index in [0.717, 1.165) is 25.9 Å². The number of nitriles is 2. The summed E-state index contributed by atoms with van der Waals surface area (Å²) in [5, 5.41) is 18.4. The minimum Gasteiger partial charge on any atom is -0.267 e. The third-order valence-corrected chi connectivity index (χ3v) is 2.40. The van der Waals surface area contributed by atoms with Gasteiger partial charge in [0.25, 0.3) is 5.66 Å². The molecule has 0 aromatic rings. The van der Waals surface area contributed by atoms with Crippen molar-refractivity contribution >= 4 is 0 Å². The maximum Gasteiger partial charge on any atom is 0.252 e. The molecule has 0 spiro atoms. The lowest BCUT2D eigenvalue weighted by atomic mass is 10.1. The van der Waals surface area contributed by atoms with Crippen molar-refractivity contribution < 1.29 is 0 Å². The summed E-state index contributed by atoms with van der Waals surface area (Å²) in [5.74, 6) is 0. The van der Waals surface area contributed by atoms with E-state index in [0.29, 0.717) is 0 Å². The van der Waals surface area contributed by atoms with Crippen LogP contribution in [0, 0.1) is 22.7 Å². The smallest absolute Gasteiger partial charge is 0.252 e. The highest BCUT2D eigenvalue weighted by molar-refractivity contribution is 5.20. The monoisotopic (exact) mass is 208 g/mol. The second kappa shape index (κ2) is 6.40. The molecule has 0 aromatic carbocycles. The fourth-order valence-electron chi connectivity index (χ4n) is 1.62. The summed E-state index contributed by atoms with van der Waals surface area (Å²) < 4.78 is 0. The molecular formula is C11H20N4. The lowest BCUT2D eigenvalue weighted by molar-refractivity contribution is 0.0626. The Kier molecular flexibility index (Phi) is 5.93. The minimum absolute atomic E-state index is 0.771. The van der Waals surface area contributed by atoms with Crippen LogP contribution in [0.25, 0.3) is 0 Å². The maximum atomic E-state index is 9.21. The topological polar surface area (TPSA) is 54.1 Å².